The number of amides is 2. The van der Waals surface area contributed by atoms with E-state index in [1.54, 1.807) is 24.3 Å². The van der Waals surface area contributed by atoms with E-state index in [2.05, 4.69) is 20.9 Å². The van der Waals surface area contributed by atoms with Crippen molar-refractivity contribution < 1.29 is 68.9 Å². The SMILES string of the molecule is CC(C)Nc1ncc(-c2cc(N)cc(C(=O)NCc3cccc(C(F)(F)F)c3)c2)n(CC(=O)NCc2ccc(C(=N)N)cc2)c1=O.O=C(O)C(F)(F)F.O=C(O)C(F)(F)F. The molecule has 0 saturated carbocycles. The molecule has 4 rings (SSSR count). The molecule has 3 aromatic carbocycles. The lowest BCUT2D eigenvalue weighted by Crippen LogP contribution is -2.35. The Bertz CT molecular complexity index is 2220. The Hall–Kier alpha value is -7.14. The molecule has 0 saturated heterocycles. The number of hydrogen-bond acceptors (Lipinski definition) is 9. The van der Waals surface area contributed by atoms with Crippen molar-refractivity contribution in [3.63, 3.8) is 0 Å². The summed E-state index contributed by atoms with van der Waals surface area (Å²) >= 11 is 0. The fourth-order valence-corrected chi connectivity index (χ4v) is 4.52. The van der Waals surface area contributed by atoms with Gasteiger partial charge in [-0.05, 0) is 55.3 Å². The van der Waals surface area contributed by atoms with Gasteiger partial charge in [-0.3, -0.25) is 24.4 Å². The first-order valence-electron chi connectivity index (χ1n) is 16.6. The van der Waals surface area contributed by atoms with E-state index in [1.165, 1.54) is 41.1 Å². The molecule has 0 atom stereocenters. The van der Waals surface area contributed by atoms with Crippen LogP contribution in [0.15, 0.2) is 77.7 Å². The molecule has 0 bridgehead atoms. The number of nitrogens with two attached hydrogens (primary N) is 2. The summed E-state index contributed by atoms with van der Waals surface area (Å²) in [5.41, 5.74) is 12.5. The molecule has 24 heteroatoms. The number of amidine groups is 1. The highest BCUT2D eigenvalue weighted by Gasteiger charge is 2.39. The van der Waals surface area contributed by atoms with E-state index in [0.717, 1.165) is 17.7 Å². The number of nitrogens with one attached hydrogen (secondary N) is 4. The van der Waals surface area contributed by atoms with Gasteiger partial charge in [0, 0.05) is 41.5 Å². The molecule has 0 unspecified atom stereocenters. The molecule has 15 nitrogen and oxygen atoms in total. The summed E-state index contributed by atoms with van der Waals surface area (Å²) in [5, 5.41) is 30.1. The lowest BCUT2D eigenvalue weighted by Gasteiger charge is -2.17. The average molecular weight is 863 g/mol. The summed E-state index contributed by atoms with van der Waals surface area (Å²) < 4.78 is 104. The third kappa shape index (κ3) is 15.7. The number of hydrogen-bond donors (Lipinski definition) is 8. The standard InChI is InChI=1S/C32H33F3N8O3.2C2HF3O2/c1-18(2)42-29-31(46)43(17-27(44)39-14-19-6-8-21(9-7-19)28(37)38)26(16-40-29)22-11-23(13-25(36)12-22)30(45)41-15-20-4-3-5-24(10-20)32(33,34)35;2*3-2(4,5)1(6)7/h3-13,16,18H,14-15,17,36H2,1-2H3,(H3,37,38)(H,39,44)(H,40,42)(H,41,45);2*(H,6,7). The number of alkyl halides is 9. The zero-order valence-electron chi connectivity index (χ0n) is 31.0. The van der Waals surface area contributed by atoms with Crippen LogP contribution < -0.4 is 33.0 Å². The number of aromatic nitrogens is 2. The number of rotatable bonds is 11. The number of halogens is 9. The van der Waals surface area contributed by atoms with Gasteiger partial charge in [0.15, 0.2) is 5.82 Å². The van der Waals surface area contributed by atoms with Crippen LogP contribution >= 0.6 is 0 Å². The van der Waals surface area contributed by atoms with Crippen LogP contribution in [0.5, 0.6) is 0 Å². The summed E-state index contributed by atoms with van der Waals surface area (Å²) in [6, 6.07) is 15.6. The summed E-state index contributed by atoms with van der Waals surface area (Å²) in [4.78, 5) is 61.7. The van der Waals surface area contributed by atoms with E-state index in [4.69, 9.17) is 36.7 Å². The highest BCUT2D eigenvalue weighted by molar-refractivity contribution is 5.96. The number of nitrogens with zero attached hydrogens (tertiary/aromatic N) is 2. The van der Waals surface area contributed by atoms with Gasteiger partial charge >= 0.3 is 30.5 Å². The van der Waals surface area contributed by atoms with Crippen molar-refractivity contribution in [2.24, 2.45) is 5.73 Å². The topological polar surface area (TPSA) is 256 Å². The van der Waals surface area contributed by atoms with Crippen molar-refractivity contribution in [2.45, 2.75) is 58.1 Å². The molecule has 1 aromatic heterocycles. The van der Waals surface area contributed by atoms with E-state index < -0.39 is 53.4 Å². The number of nitrogen functional groups attached to an aromatic ring is 2. The zero-order chi connectivity index (χ0) is 45.7. The lowest BCUT2D eigenvalue weighted by molar-refractivity contribution is -0.193. The maximum absolute atomic E-state index is 13.5. The highest BCUT2D eigenvalue weighted by Crippen LogP contribution is 2.30. The van der Waals surface area contributed by atoms with Crippen molar-refractivity contribution in [3.05, 3.63) is 111 Å². The normalized spacial score (nSPS) is 11.3. The van der Waals surface area contributed by atoms with Crippen molar-refractivity contribution in [3.8, 4) is 11.3 Å². The molecular weight excluding hydrogens is 827 g/mol. The van der Waals surface area contributed by atoms with Crippen molar-refractivity contribution in [1.82, 2.24) is 20.2 Å². The number of aliphatic carboxylic acids is 2. The summed E-state index contributed by atoms with van der Waals surface area (Å²) in [5.74, 6) is -6.67. The predicted molar refractivity (Wildman–Crippen MR) is 196 cm³/mol. The number of carbonyl (C=O) groups excluding carboxylic acids is 2. The Kier molecular flexibility index (Phi) is 16.8. The largest absolute Gasteiger partial charge is 0.490 e. The molecular formula is C36H35F9N8O7. The molecule has 0 spiro atoms. The van der Waals surface area contributed by atoms with Crippen LogP contribution in [0.25, 0.3) is 11.3 Å². The second-order valence-corrected chi connectivity index (χ2v) is 12.4. The van der Waals surface area contributed by atoms with Gasteiger partial charge in [0.1, 0.15) is 12.4 Å². The Morgan fingerprint density at radius 2 is 1.35 bits per heavy atom. The van der Waals surface area contributed by atoms with E-state index in [1.807, 2.05) is 13.8 Å². The zero-order valence-corrected chi connectivity index (χ0v) is 31.0. The first-order chi connectivity index (χ1) is 27.6. The van der Waals surface area contributed by atoms with Crippen LogP contribution in [-0.2, 0) is 40.2 Å². The fourth-order valence-electron chi connectivity index (χ4n) is 4.52. The Morgan fingerprint density at radius 1 is 0.800 bits per heavy atom. The van der Waals surface area contributed by atoms with Crippen molar-refractivity contribution >= 4 is 41.1 Å². The Morgan fingerprint density at radius 3 is 1.85 bits per heavy atom. The molecule has 0 fully saturated rings. The van der Waals surface area contributed by atoms with Crippen LogP contribution in [-0.4, -0.2) is 67.7 Å². The maximum Gasteiger partial charge on any atom is 0.490 e. The maximum atomic E-state index is 13.5. The van der Waals surface area contributed by atoms with Crippen molar-refractivity contribution in [2.75, 3.05) is 11.1 Å². The molecule has 0 aliphatic heterocycles. The molecule has 60 heavy (non-hydrogen) atoms. The Balaban J connectivity index is 0.000000758. The predicted octanol–water partition coefficient (Wildman–Crippen LogP) is 5.13. The number of anilines is 2. The van der Waals surface area contributed by atoms with Crippen molar-refractivity contribution in [1.29, 1.82) is 5.41 Å². The second kappa shape index (κ2) is 20.5. The molecule has 0 aliphatic rings. The minimum Gasteiger partial charge on any atom is -0.475 e. The van der Waals surface area contributed by atoms with Crippen LogP contribution in [0.3, 0.4) is 0 Å². The van der Waals surface area contributed by atoms with Crippen LogP contribution in [0.1, 0.15) is 46.5 Å². The van der Waals surface area contributed by atoms with E-state index in [9.17, 15) is 53.9 Å². The summed E-state index contributed by atoms with van der Waals surface area (Å²) in [6.45, 7) is 3.24. The molecule has 0 aliphatic carbocycles. The summed E-state index contributed by atoms with van der Waals surface area (Å²) in [6.07, 6.45) is -13.3. The third-order valence-corrected chi connectivity index (χ3v) is 7.24. The van der Waals surface area contributed by atoms with Crippen LogP contribution in [0.2, 0.25) is 0 Å². The number of benzene rings is 3. The van der Waals surface area contributed by atoms with Gasteiger partial charge in [0.2, 0.25) is 5.91 Å². The minimum absolute atomic E-state index is 0.0225. The second-order valence-electron chi connectivity index (χ2n) is 12.4. The first-order valence-corrected chi connectivity index (χ1v) is 16.6. The van der Waals surface area contributed by atoms with E-state index in [0.29, 0.717) is 11.1 Å². The smallest absolute Gasteiger partial charge is 0.475 e. The van der Waals surface area contributed by atoms with Gasteiger partial charge in [0.25, 0.3) is 11.5 Å². The average Bonchev–Trinajstić information content (AvgIpc) is 3.14. The van der Waals surface area contributed by atoms with Gasteiger partial charge in [-0.2, -0.15) is 39.5 Å². The monoisotopic (exact) mass is 862 g/mol. The molecule has 4 aromatic rings. The molecule has 2 amide bonds. The Labute approximate surface area is 332 Å². The fraction of sp³-hybridized carbons (Fsp3) is 0.250. The molecule has 10 N–H and O–H groups in total. The van der Waals surface area contributed by atoms with Gasteiger partial charge in [-0.25, -0.2) is 14.6 Å². The van der Waals surface area contributed by atoms with Gasteiger partial charge in [-0.1, -0.05) is 36.4 Å². The highest BCUT2D eigenvalue weighted by atomic mass is 19.4. The van der Waals surface area contributed by atoms with Gasteiger partial charge < -0.3 is 37.6 Å². The van der Waals surface area contributed by atoms with Gasteiger partial charge in [-0.15, -0.1) is 0 Å². The van der Waals surface area contributed by atoms with Crippen LogP contribution in [0.4, 0.5) is 51.0 Å². The first kappa shape index (κ1) is 49.0. The van der Waals surface area contributed by atoms with Gasteiger partial charge in [0.05, 0.1) is 17.5 Å². The van der Waals surface area contributed by atoms with Crippen LogP contribution in [0, 0.1) is 5.41 Å². The summed E-state index contributed by atoms with van der Waals surface area (Å²) in [7, 11) is 0. The lowest BCUT2D eigenvalue weighted by atomic mass is 10.1. The number of carbonyl (C=O) groups is 4. The van der Waals surface area contributed by atoms with E-state index >= 15 is 0 Å². The minimum atomic E-state index is -5.08. The number of carboxylic acid groups (broad SMARTS) is 2. The third-order valence-electron chi connectivity index (χ3n) is 7.24. The quantitative estimate of drug-likeness (QED) is 0.0425. The van der Waals surface area contributed by atoms with E-state index in [-0.39, 0.29) is 59.8 Å². The molecule has 0 radical (unpaired) electrons. The number of carboxylic acids is 2. The molecule has 324 valence electrons. The molecule has 1 heterocycles.